The Bertz CT molecular complexity index is 1010. The van der Waals surface area contributed by atoms with Crippen LogP contribution in [0, 0.1) is 0 Å². The van der Waals surface area contributed by atoms with Crippen LogP contribution in [0.3, 0.4) is 0 Å². The van der Waals surface area contributed by atoms with E-state index >= 15 is 0 Å². The van der Waals surface area contributed by atoms with Crippen molar-refractivity contribution >= 4 is 29.3 Å². The summed E-state index contributed by atoms with van der Waals surface area (Å²) in [6.07, 6.45) is 4.74. The number of para-hydroxylation sites is 2. The number of carbonyl (C=O) groups excluding carboxylic acids is 3. The number of esters is 3. The second kappa shape index (κ2) is 9.75. The highest BCUT2D eigenvalue weighted by Crippen LogP contribution is 2.39. The van der Waals surface area contributed by atoms with Crippen LogP contribution in [0.2, 0.25) is 0 Å². The molecule has 31 heavy (non-hydrogen) atoms. The molecule has 7 heteroatoms. The Morgan fingerprint density at radius 3 is 1.71 bits per heavy atom. The minimum absolute atomic E-state index is 0.288. The zero-order valence-electron chi connectivity index (χ0n) is 17.6. The quantitative estimate of drug-likeness (QED) is 0.511. The first-order chi connectivity index (χ1) is 15.0. The smallest absolute Gasteiger partial charge is 0.339 e. The van der Waals surface area contributed by atoms with Crippen molar-refractivity contribution in [2.45, 2.75) is 12.8 Å². The Morgan fingerprint density at radius 2 is 1.23 bits per heavy atom. The number of carbonyl (C=O) groups is 3. The zero-order valence-corrected chi connectivity index (χ0v) is 17.6. The number of nitrogens with zero attached hydrogens (tertiary/aromatic N) is 1. The second-order valence-corrected chi connectivity index (χ2v) is 6.65. The van der Waals surface area contributed by atoms with Gasteiger partial charge in [0.1, 0.15) is 0 Å². The van der Waals surface area contributed by atoms with Crippen LogP contribution in [-0.2, 0) is 19.0 Å². The van der Waals surface area contributed by atoms with Gasteiger partial charge < -0.3 is 19.1 Å². The van der Waals surface area contributed by atoms with E-state index in [1.807, 2.05) is 6.08 Å². The third-order valence-corrected chi connectivity index (χ3v) is 4.92. The average Bonchev–Trinajstić information content (AvgIpc) is 2.83. The predicted molar refractivity (Wildman–Crippen MR) is 115 cm³/mol. The van der Waals surface area contributed by atoms with Gasteiger partial charge in [0.05, 0.1) is 49.4 Å². The molecule has 0 bridgehead atoms. The number of anilines is 2. The summed E-state index contributed by atoms with van der Waals surface area (Å²) < 4.78 is 14.9. The Hall–Kier alpha value is -3.87. The van der Waals surface area contributed by atoms with Crippen molar-refractivity contribution in [2.24, 2.45) is 0 Å². The van der Waals surface area contributed by atoms with Gasteiger partial charge in [-0.1, -0.05) is 30.3 Å². The molecule has 0 amide bonds. The molecule has 0 radical (unpaired) electrons. The molecule has 0 unspecified atom stereocenters. The Morgan fingerprint density at radius 1 is 0.742 bits per heavy atom. The second-order valence-electron chi connectivity index (χ2n) is 6.65. The molecule has 0 saturated carbocycles. The van der Waals surface area contributed by atoms with E-state index in [-0.39, 0.29) is 11.1 Å². The normalized spacial score (nSPS) is 12.9. The van der Waals surface area contributed by atoms with E-state index in [0.717, 1.165) is 0 Å². The van der Waals surface area contributed by atoms with Gasteiger partial charge in [0.15, 0.2) is 0 Å². The molecule has 0 fully saturated rings. The molecule has 0 aromatic heterocycles. The van der Waals surface area contributed by atoms with Crippen molar-refractivity contribution in [2.75, 3.05) is 26.2 Å². The van der Waals surface area contributed by atoms with Crippen LogP contribution < -0.4 is 4.90 Å². The maximum atomic E-state index is 12.6. The van der Waals surface area contributed by atoms with Gasteiger partial charge in [-0.05, 0) is 43.2 Å². The SMILES string of the molecule is COC(=O)C1=C(N(c2ccccc2C(=O)OC)c2ccccc2C(=O)OC)CCC=C1. The average molecular weight is 421 g/mol. The highest BCUT2D eigenvalue weighted by Gasteiger charge is 2.29. The lowest BCUT2D eigenvalue weighted by atomic mass is 9.98. The fraction of sp³-hybridized carbons (Fsp3) is 0.208. The first kappa shape index (κ1) is 21.8. The van der Waals surface area contributed by atoms with Crippen molar-refractivity contribution in [3.8, 4) is 0 Å². The summed E-state index contributed by atoms with van der Waals surface area (Å²) in [6.45, 7) is 0. The van der Waals surface area contributed by atoms with Crippen LogP contribution in [0.25, 0.3) is 0 Å². The van der Waals surface area contributed by atoms with Gasteiger partial charge in [-0.15, -0.1) is 0 Å². The zero-order chi connectivity index (χ0) is 22.4. The van der Waals surface area contributed by atoms with Crippen LogP contribution >= 0.6 is 0 Å². The largest absolute Gasteiger partial charge is 0.465 e. The van der Waals surface area contributed by atoms with E-state index in [1.165, 1.54) is 21.3 Å². The molecule has 0 saturated heterocycles. The number of benzene rings is 2. The van der Waals surface area contributed by atoms with E-state index in [4.69, 9.17) is 14.2 Å². The summed E-state index contributed by atoms with van der Waals surface area (Å²) in [7, 11) is 3.91. The van der Waals surface area contributed by atoms with Crippen molar-refractivity contribution in [1.29, 1.82) is 0 Å². The summed E-state index contributed by atoms with van der Waals surface area (Å²) >= 11 is 0. The lowest BCUT2D eigenvalue weighted by Gasteiger charge is -2.32. The summed E-state index contributed by atoms with van der Waals surface area (Å²) in [5.41, 5.74) is 2.46. The molecule has 2 aromatic rings. The molecule has 0 spiro atoms. The predicted octanol–water partition coefficient (Wildman–Crippen LogP) is 4.18. The maximum Gasteiger partial charge on any atom is 0.339 e. The molecule has 1 aliphatic carbocycles. The van der Waals surface area contributed by atoms with E-state index in [2.05, 4.69) is 0 Å². The van der Waals surface area contributed by atoms with Gasteiger partial charge in [-0.3, -0.25) is 0 Å². The fourth-order valence-electron chi connectivity index (χ4n) is 3.50. The van der Waals surface area contributed by atoms with E-state index in [1.54, 1.807) is 59.5 Å². The van der Waals surface area contributed by atoms with Gasteiger partial charge >= 0.3 is 17.9 Å². The van der Waals surface area contributed by atoms with Gasteiger partial charge in [0, 0.05) is 5.70 Å². The third-order valence-electron chi connectivity index (χ3n) is 4.92. The van der Waals surface area contributed by atoms with Crippen molar-refractivity contribution in [3.63, 3.8) is 0 Å². The lowest BCUT2D eigenvalue weighted by molar-refractivity contribution is -0.135. The standard InChI is InChI=1S/C24H23NO6/c1-29-22(26)16-10-4-7-13-19(16)25(20-14-8-5-11-17(20)23(27)30-2)21-15-9-6-12-18(21)24(28)31-3/h4-8,10-14H,9,15H2,1-3H3. The molecule has 0 heterocycles. The van der Waals surface area contributed by atoms with Crippen molar-refractivity contribution in [3.05, 3.63) is 83.1 Å². The number of hydrogen-bond acceptors (Lipinski definition) is 7. The summed E-state index contributed by atoms with van der Waals surface area (Å²) in [4.78, 5) is 39.4. The molecule has 7 nitrogen and oxygen atoms in total. The molecular weight excluding hydrogens is 398 g/mol. The van der Waals surface area contributed by atoms with E-state index in [0.29, 0.717) is 35.5 Å². The number of allylic oxidation sites excluding steroid dienone is 2. The molecule has 0 atom stereocenters. The molecule has 2 aromatic carbocycles. The van der Waals surface area contributed by atoms with Crippen LogP contribution in [0.5, 0.6) is 0 Å². The number of ether oxygens (including phenoxy) is 3. The van der Waals surface area contributed by atoms with Gasteiger partial charge in [0.25, 0.3) is 0 Å². The highest BCUT2D eigenvalue weighted by molar-refractivity contribution is 6.03. The maximum absolute atomic E-state index is 12.6. The fourth-order valence-corrected chi connectivity index (χ4v) is 3.50. The van der Waals surface area contributed by atoms with Crippen LogP contribution in [0.15, 0.2) is 72.0 Å². The molecule has 160 valence electrons. The molecule has 0 N–H and O–H groups in total. The number of methoxy groups -OCH3 is 3. The molecular formula is C24H23NO6. The monoisotopic (exact) mass is 421 g/mol. The summed E-state index contributed by atoms with van der Waals surface area (Å²) in [5.74, 6) is -1.59. The molecule has 3 rings (SSSR count). The van der Waals surface area contributed by atoms with Crippen molar-refractivity contribution < 1.29 is 28.6 Å². The van der Waals surface area contributed by atoms with E-state index in [9.17, 15) is 14.4 Å². The third kappa shape index (κ3) is 4.35. The van der Waals surface area contributed by atoms with Gasteiger partial charge in [0.2, 0.25) is 0 Å². The molecule has 0 aliphatic heterocycles. The topological polar surface area (TPSA) is 82.1 Å². The first-order valence-electron chi connectivity index (χ1n) is 9.66. The minimum Gasteiger partial charge on any atom is -0.465 e. The van der Waals surface area contributed by atoms with Crippen LogP contribution in [0.1, 0.15) is 33.6 Å². The number of rotatable bonds is 6. The Balaban J connectivity index is 2.37. The highest BCUT2D eigenvalue weighted by atomic mass is 16.5. The van der Waals surface area contributed by atoms with Crippen LogP contribution in [0.4, 0.5) is 11.4 Å². The lowest BCUT2D eigenvalue weighted by Crippen LogP contribution is -2.26. The van der Waals surface area contributed by atoms with Gasteiger partial charge in [-0.2, -0.15) is 0 Å². The summed E-state index contributed by atoms with van der Waals surface area (Å²) in [6, 6.07) is 13.7. The van der Waals surface area contributed by atoms with E-state index < -0.39 is 17.9 Å². The van der Waals surface area contributed by atoms with Gasteiger partial charge in [-0.25, -0.2) is 14.4 Å². The Labute approximate surface area is 180 Å². The van der Waals surface area contributed by atoms with Crippen molar-refractivity contribution in [1.82, 2.24) is 0 Å². The minimum atomic E-state index is -0.539. The first-order valence-corrected chi connectivity index (χ1v) is 9.66. The Kier molecular flexibility index (Phi) is 6.87. The molecule has 1 aliphatic rings. The number of hydrogen-bond donors (Lipinski definition) is 0. The van der Waals surface area contributed by atoms with Crippen LogP contribution in [-0.4, -0.2) is 39.2 Å². The summed E-state index contributed by atoms with van der Waals surface area (Å²) in [5, 5.41) is 0.